The summed E-state index contributed by atoms with van der Waals surface area (Å²) in [7, 11) is 0. The quantitative estimate of drug-likeness (QED) is 0.667. The predicted molar refractivity (Wildman–Crippen MR) is 70.3 cm³/mol. The van der Waals surface area contributed by atoms with Crippen molar-refractivity contribution in [1.82, 2.24) is 5.16 Å². The Kier molecular flexibility index (Phi) is 2.71. The normalized spacial score (nSPS) is 10.6. The summed E-state index contributed by atoms with van der Waals surface area (Å²) in [6, 6.07) is 13.5. The van der Waals surface area contributed by atoms with Crippen LogP contribution in [0.2, 0.25) is 5.02 Å². The van der Waals surface area contributed by atoms with Gasteiger partial charge in [0, 0.05) is 16.7 Å². The molecule has 0 radical (unpaired) electrons. The molecule has 0 spiro atoms. The molecule has 17 heavy (non-hydrogen) atoms. The molecule has 0 fully saturated rings. The molecule has 3 rings (SSSR count). The zero-order valence-electron chi connectivity index (χ0n) is 8.76. The molecule has 0 unspecified atom stereocenters. The molecule has 4 heteroatoms. The lowest BCUT2D eigenvalue weighted by atomic mass is 10.1. The number of hydrogen-bond donors (Lipinski definition) is 0. The molecular formula is C13H8ClNOS. The van der Waals surface area contributed by atoms with Crippen molar-refractivity contribution < 1.29 is 4.52 Å². The van der Waals surface area contributed by atoms with E-state index in [0.29, 0.717) is 5.02 Å². The molecule has 3 aromatic rings. The van der Waals surface area contributed by atoms with Gasteiger partial charge in [-0.3, -0.25) is 0 Å². The number of hydrogen-bond acceptors (Lipinski definition) is 3. The fourth-order valence-corrected chi connectivity index (χ4v) is 2.46. The average molecular weight is 262 g/mol. The van der Waals surface area contributed by atoms with Crippen molar-refractivity contribution in [1.29, 1.82) is 0 Å². The van der Waals surface area contributed by atoms with E-state index in [-0.39, 0.29) is 0 Å². The number of thiophene rings is 1. The molecule has 0 saturated heterocycles. The van der Waals surface area contributed by atoms with Crippen LogP contribution in [-0.2, 0) is 0 Å². The highest BCUT2D eigenvalue weighted by atomic mass is 35.5. The van der Waals surface area contributed by atoms with E-state index >= 15 is 0 Å². The number of aromatic nitrogens is 1. The Balaban J connectivity index is 2.01. The van der Waals surface area contributed by atoms with Gasteiger partial charge in [-0.05, 0) is 23.6 Å². The van der Waals surface area contributed by atoms with Crippen molar-refractivity contribution in [2.75, 3.05) is 0 Å². The lowest BCUT2D eigenvalue weighted by Gasteiger charge is -1.94. The van der Waals surface area contributed by atoms with Crippen molar-refractivity contribution in [2.24, 2.45) is 0 Å². The number of halogens is 1. The van der Waals surface area contributed by atoms with E-state index in [9.17, 15) is 0 Å². The summed E-state index contributed by atoms with van der Waals surface area (Å²) >= 11 is 7.57. The Morgan fingerprint density at radius 2 is 2.06 bits per heavy atom. The minimum absolute atomic E-state index is 0.697. The summed E-state index contributed by atoms with van der Waals surface area (Å²) in [6.45, 7) is 0. The van der Waals surface area contributed by atoms with Gasteiger partial charge in [0.2, 0.25) is 0 Å². The van der Waals surface area contributed by atoms with Crippen molar-refractivity contribution in [2.45, 2.75) is 0 Å². The highest BCUT2D eigenvalue weighted by Crippen LogP contribution is 2.29. The van der Waals surface area contributed by atoms with Crippen LogP contribution in [0.15, 0.2) is 52.4 Å². The summed E-state index contributed by atoms with van der Waals surface area (Å²) in [6.07, 6.45) is 0. The smallest absolute Gasteiger partial charge is 0.177 e. The Morgan fingerprint density at radius 3 is 2.82 bits per heavy atom. The molecular weight excluding hydrogens is 254 g/mol. The monoisotopic (exact) mass is 261 g/mol. The van der Waals surface area contributed by atoms with E-state index in [1.165, 1.54) is 0 Å². The van der Waals surface area contributed by atoms with Crippen LogP contribution >= 0.6 is 22.9 Å². The van der Waals surface area contributed by atoms with Gasteiger partial charge >= 0.3 is 0 Å². The Labute approximate surface area is 107 Å². The largest absolute Gasteiger partial charge is 0.355 e. The standard InChI is InChI=1S/C13H8ClNOS/c14-10-4-1-3-9(7-10)11-8-12(16-15-11)13-5-2-6-17-13/h1-8H. The molecule has 0 saturated carbocycles. The minimum atomic E-state index is 0.697. The molecule has 2 heterocycles. The van der Waals surface area contributed by atoms with Gasteiger partial charge in [-0.25, -0.2) is 0 Å². The Morgan fingerprint density at radius 1 is 1.12 bits per heavy atom. The predicted octanol–water partition coefficient (Wildman–Crippen LogP) is 4.72. The molecule has 0 aliphatic carbocycles. The third kappa shape index (κ3) is 2.12. The number of benzene rings is 1. The van der Waals surface area contributed by atoms with E-state index in [1.807, 2.05) is 47.8 Å². The van der Waals surface area contributed by atoms with Crippen molar-refractivity contribution in [3.05, 3.63) is 52.9 Å². The third-order valence-electron chi connectivity index (χ3n) is 2.39. The SMILES string of the molecule is Clc1cccc(-c2cc(-c3cccs3)on2)c1. The second-order valence-electron chi connectivity index (χ2n) is 3.56. The third-order valence-corrected chi connectivity index (χ3v) is 3.51. The van der Waals surface area contributed by atoms with Crippen LogP contribution in [0.1, 0.15) is 0 Å². The van der Waals surface area contributed by atoms with Crippen LogP contribution in [-0.4, -0.2) is 5.16 Å². The molecule has 84 valence electrons. The molecule has 2 aromatic heterocycles. The van der Waals surface area contributed by atoms with E-state index < -0.39 is 0 Å². The van der Waals surface area contributed by atoms with E-state index in [4.69, 9.17) is 16.1 Å². The lowest BCUT2D eigenvalue weighted by molar-refractivity contribution is 0.436. The number of rotatable bonds is 2. The van der Waals surface area contributed by atoms with Crippen molar-refractivity contribution in [3.8, 4) is 21.9 Å². The van der Waals surface area contributed by atoms with Gasteiger partial charge in [0.1, 0.15) is 5.69 Å². The first-order valence-electron chi connectivity index (χ1n) is 5.09. The zero-order valence-corrected chi connectivity index (χ0v) is 10.3. The fraction of sp³-hybridized carbons (Fsp3) is 0. The van der Waals surface area contributed by atoms with E-state index in [0.717, 1.165) is 21.9 Å². The average Bonchev–Trinajstić information content (AvgIpc) is 3.00. The Hall–Kier alpha value is -1.58. The fourth-order valence-electron chi connectivity index (χ4n) is 1.59. The summed E-state index contributed by atoms with van der Waals surface area (Å²) in [5, 5.41) is 6.76. The van der Waals surface area contributed by atoms with Gasteiger partial charge in [-0.15, -0.1) is 11.3 Å². The maximum Gasteiger partial charge on any atom is 0.177 e. The Bertz CT molecular complexity index is 630. The summed E-state index contributed by atoms with van der Waals surface area (Å²) in [4.78, 5) is 1.07. The first-order valence-corrected chi connectivity index (χ1v) is 6.35. The topological polar surface area (TPSA) is 26.0 Å². The zero-order chi connectivity index (χ0) is 11.7. The van der Waals surface area contributed by atoms with Crippen LogP contribution in [0.4, 0.5) is 0 Å². The van der Waals surface area contributed by atoms with Crippen molar-refractivity contribution in [3.63, 3.8) is 0 Å². The van der Waals surface area contributed by atoms with Crippen LogP contribution in [0.25, 0.3) is 21.9 Å². The molecule has 0 aliphatic rings. The van der Waals surface area contributed by atoms with Gasteiger partial charge < -0.3 is 4.52 Å². The van der Waals surface area contributed by atoms with Gasteiger partial charge in [0.25, 0.3) is 0 Å². The maximum absolute atomic E-state index is 5.94. The second kappa shape index (κ2) is 4.35. The summed E-state index contributed by atoms with van der Waals surface area (Å²) in [5.41, 5.74) is 1.76. The second-order valence-corrected chi connectivity index (χ2v) is 4.95. The van der Waals surface area contributed by atoms with Gasteiger partial charge in [-0.1, -0.05) is 35.0 Å². The van der Waals surface area contributed by atoms with Gasteiger partial charge in [0.15, 0.2) is 5.76 Å². The van der Waals surface area contributed by atoms with Crippen molar-refractivity contribution >= 4 is 22.9 Å². The van der Waals surface area contributed by atoms with Crippen LogP contribution in [0.5, 0.6) is 0 Å². The minimum Gasteiger partial charge on any atom is -0.355 e. The first kappa shape index (κ1) is 10.6. The molecule has 2 nitrogen and oxygen atoms in total. The molecule has 0 bridgehead atoms. The van der Waals surface area contributed by atoms with Crippen LogP contribution in [0, 0.1) is 0 Å². The van der Waals surface area contributed by atoms with E-state index in [1.54, 1.807) is 11.3 Å². The highest BCUT2D eigenvalue weighted by Gasteiger charge is 2.09. The number of nitrogens with zero attached hydrogens (tertiary/aromatic N) is 1. The molecule has 0 amide bonds. The molecule has 0 atom stereocenters. The van der Waals surface area contributed by atoms with E-state index in [2.05, 4.69) is 5.16 Å². The molecule has 1 aromatic carbocycles. The van der Waals surface area contributed by atoms with Crippen LogP contribution in [0.3, 0.4) is 0 Å². The summed E-state index contributed by atoms with van der Waals surface area (Å²) in [5.74, 6) is 0.787. The maximum atomic E-state index is 5.94. The summed E-state index contributed by atoms with van der Waals surface area (Å²) < 4.78 is 5.32. The molecule has 0 N–H and O–H groups in total. The molecule has 0 aliphatic heterocycles. The van der Waals surface area contributed by atoms with Gasteiger partial charge in [-0.2, -0.15) is 0 Å². The lowest BCUT2D eigenvalue weighted by Crippen LogP contribution is -1.75. The highest BCUT2D eigenvalue weighted by molar-refractivity contribution is 7.13. The van der Waals surface area contributed by atoms with Crippen LogP contribution < -0.4 is 0 Å². The van der Waals surface area contributed by atoms with Gasteiger partial charge in [0.05, 0.1) is 4.88 Å². The first-order chi connectivity index (χ1) is 8.33.